The van der Waals surface area contributed by atoms with Gasteiger partial charge in [0, 0.05) is 30.5 Å². The van der Waals surface area contributed by atoms with Crippen molar-refractivity contribution in [1.82, 2.24) is 13.9 Å². The lowest BCUT2D eigenvalue weighted by Gasteiger charge is -2.30. The molecule has 2 aliphatic heterocycles. The van der Waals surface area contributed by atoms with Crippen LogP contribution < -0.4 is 0 Å². The number of piperidine rings is 1. The van der Waals surface area contributed by atoms with Crippen molar-refractivity contribution in [1.29, 1.82) is 0 Å². The molecule has 1 aromatic heterocycles. The summed E-state index contributed by atoms with van der Waals surface area (Å²) in [6, 6.07) is 9.62. The van der Waals surface area contributed by atoms with Crippen molar-refractivity contribution in [3.8, 4) is 0 Å². The lowest BCUT2D eigenvalue weighted by molar-refractivity contribution is 0.0960. The minimum Gasteiger partial charge on any atom is -0.376 e. The van der Waals surface area contributed by atoms with Crippen molar-refractivity contribution in [3.63, 3.8) is 0 Å². The summed E-state index contributed by atoms with van der Waals surface area (Å²) in [6.45, 7) is 4.59. The monoisotopic (exact) mass is 537 g/mol. The fourth-order valence-electron chi connectivity index (χ4n) is 4.82. The molecule has 0 N–H and O–H groups in total. The van der Waals surface area contributed by atoms with E-state index >= 15 is 0 Å². The molecule has 3 heterocycles. The normalized spacial score (nSPS) is 21.7. The molecule has 35 heavy (non-hydrogen) atoms. The van der Waals surface area contributed by atoms with Gasteiger partial charge in [-0.3, -0.25) is 0 Å². The highest BCUT2D eigenvalue weighted by Gasteiger charge is 2.29. The number of hydrogen-bond acceptors (Lipinski definition) is 5. The molecule has 0 amide bonds. The first kappa shape index (κ1) is 25.0. The average molecular weight is 538 g/mol. The van der Waals surface area contributed by atoms with E-state index in [0.29, 0.717) is 41.8 Å². The predicted molar refractivity (Wildman–Crippen MR) is 137 cm³/mol. The van der Waals surface area contributed by atoms with Crippen LogP contribution in [0.5, 0.6) is 0 Å². The van der Waals surface area contributed by atoms with E-state index < -0.39 is 10.0 Å². The SMILES string of the molecule is C[C@@H]1CCCN(S(=O)(=O)c2ccc3c(c2)nc(SCc2ccc(F)cc2Cl)n3C[C@H]2CCCO2)C1. The van der Waals surface area contributed by atoms with Crippen molar-refractivity contribution in [2.45, 2.75) is 61.1 Å². The second kappa shape index (κ2) is 10.4. The molecule has 3 aromatic rings. The summed E-state index contributed by atoms with van der Waals surface area (Å²) in [4.78, 5) is 5.10. The molecule has 6 nitrogen and oxygen atoms in total. The van der Waals surface area contributed by atoms with Crippen molar-refractivity contribution < 1.29 is 17.5 Å². The summed E-state index contributed by atoms with van der Waals surface area (Å²) in [5.74, 6) is 0.505. The first-order chi connectivity index (χ1) is 16.8. The molecule has 188 valence electrons. The Balaban J connectivity index is 1.47. The van der Waals surface area contributed by atoms with Crippen molar-refractivity contribution in [2.75, 3.05) is 19.7 Å². The Morgan fingerprint density at radius 2 is 2.06 bits per heavy atom. The lowest BCUT2D eigenvalue weighted by Crippen LogP contribution is -2.39. The van der Waals surface area contributed by atoms with E-state index in [0.717, 1.165) is 48.5 Å². The van der Waals surface area contributed by atoms with Gasteiger partial charge in [-0.05, 0) is 67.5 Å². The van der Waals surface area contributed by atoms with Crippen LogP contribution in [0, 0.1) is 11.7 Å². The average Bonchev–Trinajstić information content (AvgIpc) is 3.46. The topological polar surface area (TPSA) is 64.4 Å². The highest BCUT2D eigenvalue weighted by molar-refractivity contribution is 7.98. The molecule has 5 rings (SSSR count). The summed E-state index contributed by atoms with van der Waals surface area (Å²) < 4.78 is 49.7. The zero-order chi connectivity index (χ0) is 24.6. The largest absolute Gasteiger partial charge is 0.376 e. The van der Waals surface area contributed by atoms with Gasteiger partial charge in [-0.2, -0.15) is 4.31 Å². The Morgan fingerprint density at radius 1 is 1.20 bits per heavy atom. The molecule has 0 aliphatic carbocycles. The highest BCUT2D eigenvalue weighted by Crippen LogP contribution is 2.32. The van der Waals surface area contributed by atoms with Gasteiger partial charge >= 0.3 is 0 Å². The maximum atomic E-state index is 13.5. The summed E-state index contributed by atoms with van der Waals surface area (Å²) in [5.41, 5.74) is 2.33. The number of benzene rings is 2. The molecule has 2 aliphatic rings. The van der Waals surface area contributed by atoms with Gasteiger partial charge in [-0.25, -0.2) is 17.8 Å². The summed E-state index contributed by atoms with van der Waals surface area (Å²) in [6.07, 6.45) is 4.04. The van der Waals surface area contributed by atoms with Crippen molar-refractivity contribution in [3.05, 3.63) is 52.8 Å². The van der Waals surface area contributed by atoms with Crippen molar-refractivity contribution in [2.24, 2.45) is 5.92 Å². The standard InChI is InChI=1S/C25H29ClFN3O3S2/c1-17-4-2-10-29(14-17)35(31,32)21-8-9-24-23(13-21)28-25(30(24)15-20-5-3-11-33-20)34-16-18-6-7-19(27)12-22(18)26/h6-9,12-13,17,20H,2-5,10-11,14-16H2,1H3/t17-,20-/m1/s1. The van der Waals surface area contributed by atoms with Gasteiger partial charge in [-0.1, -0.05) is 36.4 Å². The van der Waals surface area contributed by atoms with Crippen LogP contribution in [-0.4, -0.2) is 48.1 Å². The van der Waals surface area contributed by atoms with E-state index in [1.165, 1.54) is 23.9 Å². The third-order valence-corrected chi connectivity index (χ3v) is 9.96. The first-order valence-electron chi connectivity index (χ1n) is 12.0. The number of nitrogens with zero attached hydrogens (tertiary/aromatic N) is 3. The Kier molecular flexibility index (Phi) is 7.42. The molecular formula is C25H29ClFN3O3S2. The van der Waals surface area contributed by atoms with E-state index in [4.69, 9.17) is 21.3 Å². The zero-order valence-corrected chi connectivity index (χ0v) is 22.0. The van der Waals surface area contributed by atoms with Gasteiger partial charge in [0.2, 0.25) is 10.0 Å². The van der Waals surface area contributed by atoms with Gasteiger partial charge in [0.25, 0.3) is 0 Å². The number of thioether (sulfide) groups is 1. The Bertz CT molecular complexity index is 1320. The minimum atomic E-state index is -3.58. The van der Waals surface area contributed by atoms with E-state index in [-0.39, 0.29) is 16.8 Å². The van der Waals surface area contributed by atoms with Crippen LogP contribution in [0.2, 0.25) is 5.02 Å². The third-order valence-electron chi connectivity index (χ3n) is 6.72. The maximum absolute atomic E-state index is 13.5. The van der Waals surface area contributed by atoms with E-state index in [1.54, 1.807) is 22.5 Å². The molecule has 0 spiro atoms. The van der Waals surface area contributed by atoms with E-state index in [9.17, 15) is 12.8 Å². The van der Waals surface area contributed by atoms with Gasteiger partial charge in [-0.15, -0.1) is 0 Å². The minimum absolute atomic E-state index is 0.0967. The second-order valence-electron chi connectivity index (χ2n) is 9.43. The van der Waals surface area contributed by atoms with Crippen LogP contribution in [0.4, 0.5) is 4.39 Å². The first-order valence-corrected chi connectivity index (χ1v) is 14.8. The quantitative estimate of drug-likeness (QED) is 0.361. The van der Waals surface area contributed by atoms with Crippen LogP contribution in [0.25, 0.3) is 11.0 Å². The van der Waals surface area contributed by atoms with Crippen LogP contribution in [0.15, 0.2) is 46.5 Å². The smallest absolute Gasteiger partial charge is 0.243 e. The summed E-state index contributed by atoms with van der Waals surface area (Å²) in [5, 5.41) is 1.14. The van der Waals surface area contributed by atoms with E-state index in [2.05, 4.69) is 11.5 Å². The number of ether oxygens (including phenoxy) is 1. The van der Waals surface area contributed by atoms with Crippen LogP contribution >= 0.6 is 23.4 Å². The Labute approximate surface area is 214 Å². The number of fused-ring (bicyclic) bond motifs is 1. The maximum Gasteiger partial charge on any atom is 0.243 e. The number of hydrogen-bond donors (Lipinski definition) is 0. The van der Waals surface area contributed by atoms with Gasteiger partial charge in [0.15, 0.2) is 5.16 Å². The van der Waals surface area contributed by atoms with Crippen LogP contribution in [-0.2, 0) is 27.1 Å². The van der Waals surface area contributed by atoms with Crippen molar-refractivity contribution >= 4 is 44.4 Å². The molecule has 2 fully saturated rings. The molecular weight excluding hydrogens is 509 g/mol. The summed E-state index contributed by atoms with van der Waals surface area (Å²) >= 11 is 7.74. The third kappa shape index (κ3) is 5.39. The highest BCUT2D eigenvalue weighted by atomic mass is 35.5. The second-order valence-corrected chi connectivity index (χ2v) is 12.7. The van der Waals surface area contributed by atoms with Gasteiger partial charge < -0.3 is 9.30 Å². The predicted octanol–water partition coefficient (Wildman–Crippen LogP) is 5.72. The summed E-state index contributed by atoms with van der Waals surface area (Å²) in [7, 11) is -3.58. The fraction of sp³-hybridized carbons (Fsp3) is 0.480. The molecule has 0 bridgehead atoms. The lowest BCUT2D eigenvalue weighted by atomic mass is 10.0. The van der Waals surface area contributed by atoms with Crippen LogP contribution in [0.3, 0.4) is 0 Å². The molecule has 0 unspecified atom stereocenters. The van der Waals surface area contributed by atoms with E-state index in [1.807, 2.05) is 6.07 Å². The van der Waals surface area contributed by atoms with Gasteiger partial charge in [0.05, 0.1) is 28.6 Å². The number of rotatable bonds is 7. The molecule has 2 atom stereocenters. The molecule has 10 heteroatoms. The molecule has 2 saturated heterocycles. The molecule has 2 aromatic carbocycles. The van der Waals surface area contributed by atoms with Crippen LogP contribution in [0.1, 0.15) is 38.2 Å². The number of halogens is 2. The number of imidazole rings is 1. The molecule has 0 saturated carbocycles. The number of aromatic nitrogens is 2. The fourth-order valence-corrected chi connectivity index (χ4v) is 7.78. The Hall–Kier alpha value is -1.65. The van der Waals surface area contributed by atoms with Gasteiger partial charge in [0.1, 0.15) is 5.82 Å². The Morgan fingerprint density at radius 3 is 2.80 bits per heavy atom. The molecule has 0 radical (unpaired) electrons. The zero-order valence-electron chi connectivity index (χ0n) is 19.6. The number of sulfonamides is 1.